The van der Waals surface area contributed by atoms with Crippen molar-refractivity contribution in [3.63, 3.8) is 0 Å². The molecule has 1 aromatic carbocycles. The van der Waals surface area contributed by atoms with E-state index >= 15 is 0 Å². The highest BCUT2D eigenvalue weighted by Crippen LogP contribution is 2.17. The Morgan fingerprint density at radius 1 is 1.30 bits per heavy atom. The van der Waals surface area contributed by atoms with E-state index in [0.29, 0.717) is 5.89 Å². The molecule has 0 aliphatic rings. The van der Waals surface area contributed by atoms with E-state index in [-0.39, 0.29) is 29.9 Å². The number of hydrogen-bond acceptors (Lipinski definition) is 6. The van der Waals surface area contributed by atoms with Gasteiger partial charge in [0.05, 0.1) is 5.75 Å². The first-order chi connectivity index (χ1) is 9.50. The van der Waals surface area contributed by atoms with Gasteiger partial charge in [0.1, 0.15) is 5.75 Å². The van der Waals surface area contributed by atoms with Crippen LogP contribution in [0.15, 0.2) is 34.9 Å². The summed E-state index contributed by atoms with van der Waals surface area (Å²) in [5.41, 5.74) is 0.743. The van der Waals surface area contributed by atoms with Crippen molar-refractivity contribution in [3.8, 4) is 11.5 Å². The minimum Gasteiger partial charge on any atom is -0.396 e. The van der Waals surface area contributed by atoms with Crippen LogP contribution in [0.5, 0.6) is 0 Å². The van der Waals surface area contributed by atoms with Crippen molar-refractivity contribution in [2.45, 2.75) is 12.7 Å². The van der Waals surface area contributed by atoms with Gasteiger partial charge in [-0.1, -0.05) is 30.3 Å². The fourth-order valence-electron chi connectivity index (χ4n) is 1.75. The highest BCUT2D eigenvalue weighted by molar-refractivity contribution is 7.90. The maximum absolute atomic E-state index is 11.9. The van der Waals surface area contributed by atoms with Crippen molar-refractivity contribution < 1.29 is 18.0 Å². The van der Waals surface area contributed by atoms with E-state index in [2.05, 4.69) is 10.1 Å². The number of aliphatic hydroxyl groups excluding tert-OH is 1. The number of sulfone groups is 1. The molecule has 0 aliphatic carbocycles. The number of aliphatic hydroxyl groups is 1. The van der Waals surface area contributed by atoms with Gasteiger partial charge in [-0.2, -0.15) is 4.98 Å². The minimum atomic E-state index is -3.36. The third kappa shape index (κ3) is 3.88. The summed E-state index contributed by atoms with van der Waals surface area (Å²) < 4.78 is 28.8. The van der Waals surface area contributed by atoms with Gasteiger partial charge >= 0.3 is 0 Å². The topological polar surface area (TPSA) is 93.3 Å². The number of rotatable bonds is 6. The lowest BCUT2D eigenvalue weighted by molar-refractivity contribution is 0.249. The summed E-state index contributed by atoms with van der Waals surface area (Å²) in [7, 11) is -3.36. The zero-order valence-corrected chi connectivity index (χ0v) is 11.9. The van der Waals surface area contributed by atoms with Gasteiger partial charge in [-0.3, -0.25) is 0 Å². The lowest BCUT2D eigenvalue weighted by Crippen LogP contribution is -2.18. The molecular weight excluding hydrogens is 280 g/mol. The van der Waals surface area contributed by atoms with E-state index in [4.69, 9.17) is 9.63 Å². The summed E-state index contributed by atoms with van der Waals surface area (Å²) in [5, 5.41) is 12.6. The van der Waals surface area contributed by atoms with Gasteiger partial charge in [0.15, 0.2) is 15.7 Å². The van der Waals surface area contributed by atoms with Crippen LogP contribution in [0.3, 0.4) is 0 Å². The predicted octanol–water partition coefficient (Wildman–Crippen LogP) is 1.28. The van der Waals surface area contributed by atoms with Crippen molar-refractivity contribution in [1.82, 2.24) is 10.1 Å². The molecule has 20 heavy (non-hydrogen) atoms. The van der Waals surface area contributed by atoms with E-state index in [9.17, 15) is 8.42 Å². The SMILES string of the molecule is CC(CO)CS(=O)(=O)Cc1noc(-c2ccccc2)n1. The number of benzene rings is 1. The molecule has 108 valence electrons. The first-order valence-electron chi connectivity index (χ1n) is 6.19. The van der Waals surface area contributed by atoms with Crippen LogP contribution >= 0.6 is 0 Å². The summed E-state index contributed by atoms with van der Waals surface area (Å²) in [6, 6.07) is 9.14. The van der Waals surface area contributed by atoms with Crippen LogP contribution in [-0.2, 0) is 15.6 Å². The highest BCUT2D eigenvalue weighted by Gasteiger charge is 2.20. The molecule has 0 saturated heterocycles. The number of aromatic nitrogens is 2. The number of nitrogens with zero attached hydrogens (tertiary/aromatic N) is 2. The summed E-state index contributed by atoms with van der Waals surface area (Å²) in [5.74, 6) is -0.257. The van der Waals surface area contributed by atoms with Crippen molar-refractivity contribution in [2.24, 2.45) is 5.92 Å². The standard InChI is InChI=1S/C13H16N2O4S/c1-10(7-16)8-20(17,18)9-12-14-13(19-15-12)11-5-3-2-4-6-11/h2-6,10,16H,7-9H2,1H3. The average molecular weight is 296 g/mol. The quantitative estimate of drug-likeness (QED) is 0.863. The molecule has 0 radical (unpaired) electrons. The van der Waals surface area contributed by atoms with Gasteiger partial charge in [0, 0.05) is 12.2 Å². The summed E-state index contributed by atoms with van der Waals surface area (Å²) in [6.07, 6.45) is 0. The van der Waals surface area contributed by atoms with Crippen molar-refractivity contribution in [2.75, 3.05) is 12.4 Å². The Hall–Kier alpha value is -1.73. The molecule has 1 N–H and O–H groups in total. The smallest absolute Gasteiger partial charge is 0.257 e. The molecule has 7 heteroatoms. The maximum atomic E-state index is 11.9. The molecule has 2 aromatic rings. The zero-order valence-electron chi connectivity index (χ0n) is 11.1. The molecule has 0 amide bonds. The predicted molar refractivity (Wildman–Crippen MR) is 73.5 cm³/mol. The maximum Gasteiger partial charge on any atom is 0.257 e. The molecular formula is C13H16N2O4S. The lowest BCUT2D eigenvalue weighted by Gasteiger charge is -2.06. The molecule has 1 unspecified atom stereocenters. The van der Waals surface area contributed by atoms with Crippen LogP contribution < -0.4 is 0 Å². The summed E-state index contributed by atoms with van der Waals surface area (Å²) in [4.78, 5) is 4.08. The molecule has 0 saturated carbocycles. The molecule has 2 rings (SSSR count). The van der Waals surface area contributed by atoms with Gasteiger partial charge < -0.3 is 9.63 Å². The van der Waals surface area contributed by atoms with Gasteiger partial charge in [0.25, 0.3) is 5.89 Å². The van der Waals surface area contributed by atoms with Gasteiger partial charge in [-0.15, -0.1) is 0 Å². The van der Waals surface area contributed by atoms with E-state index in [1.807, 2.05) is 18.2 Å². The van der Waals surface area contributed by atoms with Crippen molar-refractivity contribution in [3.05, 3.63) is 36.2 Å². The van der Waals surface area contributed by atoms with E-state index in [1.165, 1.54) is 0 Å². The Balaban J connectivity index is 2.10. The van der Waals surface area contributed by atoms with Crippen LogP contribution in [0.1, 0.15) is 12.7 Å². The molecule has 0 bridgehead atoms. The Bertz CT molecular complexity index is 652. The van der Waals surface area contributed by atoms with Crippen molar-refractivity contribution >= 4 is 9.84 Å². The molecule has 0 spiro atoms. The van der Waals surface area contributed by atoms with Gasteiger partial charge in [-0.05, 0) is 18.1 Å². The Labute approximate surface area is 117 Å². The summed E-state index contributed by atoms with van der Waals surface area (Å²) in [6.45, 7) is 1.50. The normalized spacial score (nSPS) is 13.3. The van der Waals surface area contributed by atoms with Crippen LogP contribution in [0.2, 0.25) is 0 Å². The van der Waals surface area contributed by atoms with Crippen LogP contribution in [-0.4, -0.2) is 36.0 Å². The molecule has 0 aliphatic heterocycles. The number of hydrogen-bond donors (Lipinski definition) is 1. The van der Waals surface area contributed by atoms with Crippen LogP contribution in [0.4, 0.5) is 0 Å². The lowest BCUT2D eigenvalue weighted by atomic mass is 10.2. The van der Waals surface area contributed by atoms with Crippen LogP contribution in [0.25, 0.3) is 11.5 Å². The summed E-state index contributed by atoms with van der Waals surface area (Å²) >= 11 is 0. The highest BCUT2D eigenvalue weighted by atomic mass is 32.2. The second-order valence-corrected chi connectivity index (χ2v) is 6.83. The van der Waals surface area contributed by atoms with Crippen molar-refractivity contribution in [1.29, 1.82) is 0 Å². The van der Waals surface area contributed by atoms with E-state index in [1.54, 1.807) is 19.1 Å². The van der Waals surface area contributed by atoms with E-state index < -0.39 is 9.84 Å². The first-order valence-corrected chi connectivity index (χ1v) is 8.01. The zero-order chi connectivity index (χ0) is 14.6. The molecule has 6 nitrogen and oxygen atoms in total. The molecule has 1 atom stereocenters. The molecule has 0 fully saturated rings. The Kier molecular flexibility index (Phi) is 4.51. The Morgan fingerprint density at radius 3 is 2.65 bits per heavy atom. The molecule has 1 aromatic heterocycles. The van der Waals surface area contributed by atoms with E-state index in [0.717, 1.165) is 5.56 Å². The fraction of sp³-hybridized carbons (Fsp3) is 0.385. The van der Waals surface area contributed by atoms with Crippen LogP contribution in [0, 0.1) is 5.92 Å². The third-order valence-corrected chi connectivity index (χ3v) is 4.46. The monoisotopic (exact) mass is 296 g/mol. The Morgan fingerprint density at radius 2 is 2.00 bits per heavy atom. The molecule has 1 heterocycles. The van der Waals surface area contributed by atoms with Gasteiger partial charge in [0.2, 0.25) is 0 Å². The largest absolute Gasteiger partial charge is 0.396 e. The second-order valence-electron chi connectivity index (χ2n) is 4.72. The van der Waals surface area contributed by atoms with Gasteiger partial charge in [-0.25, -0.2) is 8.42 Å². The first kappa shape index (κ1) is 14.7. The third-order valence-electron chi connectivity index (χ3n) is 2.69. The fourth-order valence-corrected chi connectivity index (χ4v) is 3.35. The average Bonchev–Trinajstić information content (AvgIpc) is 2.86. The minimum absolute atomic E-state index is 0.0985. The second kappa shape index (κ2) is 6.15.